The Balaban J connectivity index is 1.99. The molecule has 3 rings (SSSR count). The maximum atomic E-state index is 13.7. The highest BCUT2D eigenvalue weighted by Crippen LogP contribution is 2.25. The molecule has 0 aliphatic heterocycles. The molecule has 168 valence electrons. The van der Waals surface area contributed by atoms with E-state index in [1.807, 2.05) is 98.8 Å². The zero-order chi connectivity index (χ0) is 22.9. The summed E-state index contributed by atoms with van der Waals surface area (Å²) in [5.41, 5.74) is 3.23. The summed E-state index contributed by atoms with van der Waals surface area (Å²) < 4.78 is 30.2. The number of nitrogens with one attached hydrogen (secondary N) is 1. The van der Waals surface area contributed by atoms with E-state index in [-0.39, 0.29) is 6.04 Å². The van der Waals surface area contributed by atoms with Crippen LogP contribution in [0.5, 0.6) is 0 Å². The van der Waals surface area contributed by atoms with Gasteiger partial charge >= 0.3 is 0 Å². The number of benzene rings is 3. The smallest absolute Gasteiger partial charge is 0.125 e. The Kier molecular flexibility index (Phi) is 9.15. The standard InChI is InChI=1S/C27H31NO2S2/c1-4-5-11-26(28-32(30)25-18-14-22(3)15-19-25)27(20-23-9-7-6-8-10-23)31(29)24-16-12-21(2)13-17-24/h6-10,12-20,26,28H,4-5,11H2,1-3H3/b27-20+/t26-,31?,32?/m1/s1. The van der Waals surface area contributed by atoms with E-state index in [1.165, 1.54) is 0 Å². The summed E-state index contributed by atoms with van der Waals surface area (Å²) in [6.07, 6.45) is 4.69. The minimum absolute atomic E-state index is 0.278. The van der Waals surface area contributed by atoms with Gasteiger partial charge in [0.1, 0.15) is 11.0 Å². The lowest BCUT2D eigenvalue weighted by atomic mass is 10.1. The van der Waals surface area contributed by atoms with Crippen LogP contribution in [0, 0.1) is 13.8 Å². The quantitative estimate of drug-likeness (QED) is 0.381. The van der Waals surface area contributed by atoms with Gasteiger partial charge in [-0.2, -0.15) is 0 Å². The van der Waals surface area contributed by atoms with Gasteiger partial charge in [0.2, 0.25) is 0 Å². The van der Waals surface area contributed by atoms with E-state index in [9.17, 15) is 8.42 Å². The van der Waals surface area contributed by atoms with Gasteiger partial charge in [-0.05, 0) is 56.2 Å². The van der Waals surface area contributed by atoms with Crippen LogP contribution in [0.15, 0.2) is 93.6 Å². The van der Waals surface area contributed by atoms with E-state index in [0.717, 1.165) is 50.6 Å². The Hall–Kier alpha value is -2.34. The van der Waals surface area contributed by atoms with Crippen molar-refractivity contribution in [1.82, 2.24) is 4.72 Å². The number of hydrogen-bond acceptors (Lipinski definition) is 2. The molecule has 3 nitrogen and oxygen atoms in total. The summed E-state index contributed by atoms with van der Waals surface area (Å²) in [6.45, 7) is 6.16. The third-order valence-corrected chi connectivity index (χ3v) is 7.96. The lowest BCUT2D eigenvalue weighted by Gasteiger charge is -2.22. The number of unbranched alkanes of at least 4 members (excludes halogenated alkanes) is 1. The molecule has 3 atom stereocenters. The minimum atomic E-state index is -1.41. The normalized spacial score (nSPS) is 14.7. The van der Waals surface area contributed by atoms with E-state index in [4.69, 9.17) is 0 Å². The van der Waals surface area contributed by atoms with E-state index in [0.29, 0.717) is 0 Å². The molecular weight excluding hydrogens is 434 g/mol. The Morgan fingerprint density at radius 3 is 1.97 bits per heavy atom. The first kappa shape index (κ1) is 24.3. The zero-order valence-electron chi connectivity index (χ0n) is 18.9. The van der Waals surface area contributed by atoms with Crippen LogP contribution in [-0.4, -0.2) is 14.5 Å². The van der Waals surface area contributed by atoms with Crippen molar-refractivity contribution in [1.29, 1.82) is 0 Å². The van der Waals surface area contributed by atoms with E-state index >= 15 is 0 Å². The molecule has 1 N–H and O–H groups in total. The number of hydrogen-bond donors (Lipinski definition) is 1. The highest BCUT2D eigenvalue weighted by Gasteiger charge is 2.23. The molecule has 0 spiro atoms. The van der Waals surface area contributed by atoms with Crippen molar-refractivity contribution in [3.05, 3.63) is 100 Å². The molecule has 5 heteroatoms. The molecule has 0 saturated carbocycles. The van der Waals surface area contributed by atoms with Gasteiger partial charge in [-0.15, -0.1) is 0 Å². The first-order valence-electron chi connectivity index (χ1n) is 11.0. The van der Waals surface area contributed by atoms with Gasteiger partial charge < -0.3 is 0 Å². The topological polar surface area (TPSA) is 46.2 Å². The molecular formula is C27H31NO2S2. The molecule has 0 radical (unpaired) electrons. The van der Waals surface area contributed by atoms with Crippen LogP contribution in [-0.2, 0) is 21.8 Å². The van der Waals surface area contributed by atoms with Crippen molar-refractivity contribution in [2.45, 2.75) is 55.9 Å². The fourth-order valence-corrected chi connectivity index (χ4v) is 5.75. The summed E-state index contributed by atoms with van der Waals surface area (Å²) in [5, 5.41) is 0. The fraction of sp³-hybridized carbons (Fsp3) is 0.259. The molecule has 2 unspecified atom stereocenters. The molecule has 0 fully saturated rings. The van der Waals surface area contributed by atoms with Crippen molar-refractivity contribution in [3.63, 3.8) is 0 Å². The summed E-state index contributed by atoms with van der Waals surface area (Å²) >= 11 is 0. The average Bonchev–Trinajstić information content (AvgIpc) is 2.81. The average molecular weight is 466 g/mol. The molecule has 3 aromatic carbocycles. The third-order valence-electron chi connectivity index (χ3n) is 5.23. The van der Waals surface area contributed by atoms with Crippen LogP contribution < -0.4 is 4.72 Å². The van der Waals surface area contributed by atoms with E-state index in [1.54, 1.807) is 0 Å². The molecule has 0 aliphatic carbocycles. The largest absolute Gasteiger partial charge is 0.249 e. The second kappa shape index (κ2) is 12.0. The second-order valence-electron chi connectivity index (χ2n) is 7.93. The highest BCUT2D eigenvalue weighted by atomic mass is 32.2. The molecule has 0 aromatic heterocycles. The van der Waals surface area contributed by atoms with Gasteiger partial charge in [-0.1, -0.05) is 85.5 Å². The lowest BCUT2D eigenvalue weighted by molar-refractivity contribution is 0.599. The van der Waals surface area contributed by atoms with Gasteiger partial charge in [-0.25, -0.2) is 13.1 Å². The lowest BCUT2D eigenvalue weighted by Crippen LogP contribution is -2.34. The van der Waals surface area contributed by atoms with E-state index in [2.05, 4.69) is 11.6 Å². The molecule has 3 aromatic rings. The van der Waals surface area contributed by atoms with Crippen molar-refractivity contribution < 1.29 is 8.42 Å². The van der Waals surface area contributed by atoms with Crippen molar-refractivity contribution >= 4 is 27.9 Å². The van der Waals surface area contributed by atoms with Crippen LogP contribution >= 0.6 is 0 Å². The molecule has 32 heavy (non-hydrogen) atoms. The summed E-state index contributed by atoms with van der Waals surface area (Å²) in [7, 11) is -2.78. The minimum Gasteiger partial charge on any atom is -0.249 e. The highest BCUT2D eigenvalue weighted by molar-refractivity contribution is 7.89. The van der Waals surface area contributed by atoms with Crippen LogP contribution in [0.1, 0.15) is 42.9 Å². The van der Waals surface area contributed by atoms with Gasteiger partial charge in [0.15, 0.2) is 0 Å². The third kappa shape index (κ3) is 6.83. The van der Waals surface area contributed by atoms with Gasteiger partial charge in [0, 0.05) is 9.80 Å². The maximum absolute atomic E-state index is 13.7. The Labute approximate surface area is 197 Å². The summed E-state index contributed by atoms with van der Waals surface area (Å²) in [6, 6.07) is 25.1. The molecule has 0 amide bonds. The fourth-order valence-electron chi connectivity index (χ4n) is 3.32. The monoisotopic (exact) mass is 465 g/mol. The van der Waals surface area contributed by atoms with E-state index < -0.39 is 21.8 Å². The Morgan fingerprint density at radius 1 is 0.844 bits per heavy atom. The second-order valence-corrected chi connectivity index (χ2v) is 10.7. The van der Waals surface area contributed by atoms with Crippen LogP contribution in [0.3, 0.4) is 0 Å². The SMILES string of the molecule is CCCC[C@@H](NS(=O)c1ccc(C)cc1)/C(=C\c1ccccc1)S(=O)c1ccc(C)cc1. The number of aryl methyl sites for hydroxylation is 2. The van der Waals surface area contributed by atoms with Gasteiger partial charge in [0.25, 0.3) is 0 Å². The molecule has 0 saturated heterocycles. The van der Waals surface area contributed by atoms with Crippen LogP contribution in [0.25, 0.3) is 6.08 Å². The van der Waals surface area contributed by atoms with Gasteiger partial charge in [-0.3, -0.25) is 0 Å². The maximum Gasteiger partial charge on any atom is 0.125 e. The zero-order valence-corrected chi connectivity index (χ0v) is 20.5. The van der Waals surface area contributed by atoms with Crippen molar-refractivity contribution in [2.75, 3.05) is 0 Å². The number of rotatable bonds is 10. The first-order valence-corrected chi connectivity index (χ1v) is 13.3. The predicted octanol–water partition coefficient (Wildman–Crippen LogP) is 6.32. The van der Waals surface area contributed by atoms with Gasteiger partial charge in [0.05, 0.1) is 21.7 Å². The predicted molar refractivity (Wildman–Crippen MR) is 136 cm³/mol. The summed E-state index contributed by atoms with van der Waals surface area (Å²) in [4.78, 5) is 2.22. The van der Waals surface area contributed by atoms with Crippen molar-refractivity contribution in [3.8, 4) is 0 Å². The Bertz CT molecular complexity index is 1070. The first-order chi connectivity index (χ1) is 15.5. The Morgan fingerprint density at radius 2 is 1.41 bits per heavy atom. The molecule has 0 aliphatic rings. The van der Waals surface area contributed by atoms with Crippen molar-refractivity contribution in [2.24, 2.45) is 0 Å². The molecule has 0 heterocycles. The summed E-state index contributed by atoms with van der Waals surface area (Å²) in [5.74, 6) is 0. The van der Waals surface area contributed by atoms with Crippen LogP contribution in [0.2, 0.25) is 0 Å². The molecule has 0 bridgehead atoms. The van der Waals surface area contributed by atoms with Crippen LogP contribution in [0.4, 0.5) is 0 Å².